The van der Waals surface area contributed by atoms with Crippen LogP contribution in [0.1, 0.15) is 41.3 Å². The summed E-state index contributed by atoms with van der Waals surface area (Å²) in [6.07, 6.45) is 0.887. The summed E-state index contributed by atoms with van der Waals surface area (Å²) in [5.74, 6) is 0. The van der Waals surface area contributed by atoms with Crippen LogP contribution in [0.25, 0.3) is 0 Å². The average Bonchev–Trinajstić information content (AvgIpc) is 3.56. The molecule has 0 saturated heterocycles. The zero-order valence-corrected chi connectivity index (χ0v) is 20.9. The number of hydrogen-bond acceptors (Lipinski definition) is 4. The van der Waals surface area contributed by atoms with E-state index in [9.17, 15) is 10.2 Å². The molecule has 1 aliphatic carbocycles. The lowest BCUT2D eigenvalue weighted by Crippen LogP contribution is -2.47. The van der Waals surface area contributed by atoms with Gasteiger partial charge in [0.05, 0.1) is 13.2 Å². The van der Waals surface area contributed by atoms with Crippen molar-refractivity contribution in [3.05, 3.63) is 104 Å². The number of nitrogens with zero attached hydrogens (tertiary/aromatic N) is 1. The van der Waals surface area contributed by atoms with Crippen molar-refractivity contribution in [2.24, 2.45) is 5.41 Å². The van der Waals surface area contributed by atoms with Crippen LogP contribution in [-0.4, -0.2) is 28.3 Å². The molecule has 2 aliphatic rings. The SMILES string of the molecule is OCC1(COC2(c3ccc(Cl)cc3)c3c(Cl)cccc3C(O)N2Cc2ccc(Br)cc2)CC1. The molecule has 0 bridgehead atoms. The van der Waals surface area contributed by atoms with Crippen molar-refractivity contribution in [2.45, 2.75) is 31.3 Å². The molecule has 0 radical (unpaired) electrons. The van der Waals surface area contributed by atoms with Gasteiger partial charge in [-0.15, -0.1) is 0 Å². The van der Waals surface area contributed by atoms with Crippen LogP contribution in [0.15, 0.2) is 71.2 Å². The Kier molecular flexibility index (Phi) is 6.34. The first-order valence-corrected chi connectivity index (χ1v) is 12.4. The Labute approximate surface area is 211 Å². The van der Waals surface area contributed by atoms with Gasteiger partial charge in [-0.05, 0) is 48.7 Å². The van der Waals surface area contributed by atoms with Crippen molar-refractivity contribution in [1.82, 2.24) is 4.90 Å². The Bertz CT molecular complexity index is 1150. The second-order valence-electron chi connectivity index (χ2n) is 8.93. The van der Waals surface area contributed by atoms with Crippen molar-refractivity contribution < 1.29 is 14.9 Å². The van der Waals surface area contributed by atoms with E-state index in [0.29, 0.717) is 28.8 Å². The van der Waals surface area contributed by atoms with Crippen molar-refractivity contribution in [3.63, 3.8) is 0 Å². The summed E-state index contributed by atoms with van der Waals surface area (Å²) in [5.41, 5.74) is 1.89. The molecule has 2 N–H and O–H groups in total. The van der Waals surface area contributed by atoms with Crippen LogP contribution in [0.3, 0.4) is 0 Å². The van der Waals surface area contributed by atoms with Crippen LogP contribution in [-0.2, 0) is 17.0 Å². The molecule has 33 heavy (non-hydrogen) atoms. The van der Waals surface area contributed by atoms with Gasteiger partial charge in [-0.2, -0.15) is 0 Å². The molecular weight excluding hydrogens is 525 g/mol. The summed E-state index contributed by atoms with van der Waals surface area (Å²) in [4.78, 5) is 1.93. The summed E-state index contributed by atoms with van der Waals surface area (Å²) < 4.78 is 7.77. The number of benzene rings is 3. The second kappa shape index (κ2) is 8.97. The summed E-state index contributed by atoms with van der Waals surface area (Å²) in [6.45, 7) is 0.836. The van der Waals surface area contributed by atoms with E-state index in [1.165, 1.54) is 0 Å². The zero-order chi connectivity index (χ0) is 23.2. The predicted octanol–water partition coefficient (Wildman–Crippen LogP) is 6.25. The maximum Gasteiger partial charge on any atom is 0.178 e. The standard InChI is InChI=1S/C26H24BrCl2NO3/c27-19-8-4-17(5-9-19)14-30-24(32)21-2-1-3-22(29)23(21)26(30,18-6-10-20(28)11-7-18)33-16-25(15-31)12-13-25/h1-11,24,31-32H,12-16H2. The highest BCUT2D eigenvalue weighted by atomic mass is 79.9. The van der Waals surface area contributed by atoms with Gasteiger partial charge in [-0.25, -0.2) is 4.90 Å². The maximum atomic E-state index is 11.5. The molecule has 1 aliphatic heterocycles. The van der Waals surface area contributed by atoms with Crippen LogP contribution in [0.4, 0.5) is 0 Å². The second-order valence-corrected chi connectivity index (χ2v) is 10.7. The molecule has 5 rings (SSSR count). The Hall–Kier alpha value is -1.44. The van der Waals surface area contributed by atoms with Crippen LogP contribution < -0.4 is 0 Å². The molecule has 4 nitrogen and oxygen atoms in total. The molecule has 0 aromatic heterocycles. The van der Waals surface area contributed by atoms with Gasteiger partial charge >= 0.3 is 0 Å². The fourth-order valence-corrected chi connectivity index (χ4v) is 5.29. The largest absolute Gasteiger partial charge is 0.396 e. The number of ether oxygens (including phenoxy) is 1. The normalized spacial score (nSPS) is 23.5. The number of rotatable bonds is 7. The highest BCUT2D eigenvalue weighted by molar-refractivity contribution is 9.10. The summed E-state index contributed by atoms with van der Waals surface area (Å²) in [7, 11) is 0. The topological polar surface area (TPSA) is 52.9 Å². The van der Waals surface area contributed by atoms with Crippen molar-refractivity contribution in [3.8, 4) is 0 Å². The molecule has 0 amide bonds. The summed E-state index contributed by atoms with van der Waals surface area (Å²) in [5, 5.41) is 22.6. The Morgan fingerprint density at radius 3 is 2.33 bits per heavy atom. The molecule has 7 heteroatoms. The molecule has 172 valence electrons. The predicted molar refractivity (Wildman–Crippen MR) is 133 cm³/mol. The first-order chi connectivity index (χ1) is 15.9. The number of aliphatic hydroxyl groups excluding tert-OH is 2. The summed E-state index contributed by atoms with van der Waals surface area (Å²) >= 11 is 16.5. The van der Waals surface area contributed by atoms with Gasteiger partial charge in [0.2, 0.25) is 0 Å². The van der Waals surface area contributed by atoms with Gasteiger partial charge in [0.25, 0.3) is 0 Å². The van der Waals surface area contributed by atoms with Crippen LogP contribution in [0, 0.1) is 5.41 Å². The Morgan fingerprint density at radius 1 is 1.00 bits per heavy atom. The van der Waals surface area contributed by atoms with E-state index in [1.54, 1.807) is 0 Å². The van der Waals surface area contributed by atoms with Crippen LogP contribution in [0.5, 0.6) is 0 Å². The minimum absolute atomic E-state index is 0.0638. The van der Waals surface area contributed by atoms with Gasteiger partial charge in [0.1, 0.15) is 6.23 Å². The Balaban J connectivity index is 1.68. The molecule has 2 unspecified atom stereocenters. The molecule has 3 aromatic rings. The molecule has 3 aromatic carbocycles. The van der Waals surface area contributed by atoms with E-state index in [2.05, 4.69) is 15.9 Å². The molecule has 1 heterocycles. The molecule has 1 saturated carbocycles. The highest BCUT2D eigenvalue weighted by Gasteiger charge is 2.55. The highest BCUT2D eigenvalue weighted by Crippen LogP contribution is 2.55. The molecule has 2 atom stereocenters. The van der Waals surface area contributed by atoms with Gasteiger partial charge in [-0.1, -0.05) is 75.5 Å². The minimum Gasteiger partial charge on any atom is -0.396 e. The van der Waals surface area contributed by atoms with E-state index in [1.807, 2.05) is 71.6 Å². The summed E-state index contributed by atoms with van der Waals surface area (Å²) in [6, 6.07) is 21.0. The zero-order valence-electron chi connectivity index (χ0n) is 17.8. The average molecular weight is 549 g/mol. The fourth-order valence-electron chi connectivity index (χ4n) is 4.59. The fraction of sp³-hybridized carbons (Fsp3) is 0.308. The first-order valence-electron chi connectivity index (χ1n) is 10.9. The third-order valence-corrected chi connectivity index (χ3v) is 7.84. The number of aliphatic hydroxyl groups is 2. The monoisotopic (exact) mass is 547 g/mol. The van der Waals surface area contributed by atoms with Crippen LogP contribution >= 0.6 is 39.1 Å². The minimum atomic E-state index is -1.14. The maximum absolute atomic E-state index is 11.5. The van der Waals surface area contributed by atoms with Gasteiger partial charge in [-0.3, -0.25) is 0 Å². The van der Waals surface area contributed by atoms with Crippen molar-refractivity contribution in [1.29, 1.82) is 0 Å². The molecular formula is C26H24BrCl2NO3. The Morgan fingerprint density at radius 2 is 1.70 bits per heavy atom. The third kappa shape index (κ3) is 4.14. The van der Waals surface area contributed by atoms with Gasteiger partial charge in [0, 0.05) is 43.2 Å². The third-order valence-electron chi connectivity index (χ3n) is 6.74. The van der Waals surface area contributed by atoms with E-state index in [-0.39, 0.29) is 12.0 Å². The molecule has 1 fully saturated rings. The number of fused-ring (bicyclic) bond motifs is 1. The van der Waals surface area contributed by atoms with Gasteiger partial charge < -0.3 is 14.9 Å². The van der Waals surface area contributed by atoms with E-state index < -0.39 is 12.0 Å². The van der Waals surface area contributed by atoms with E-state index in [4.69, 9.17) is 27.9 Å². The number of hydrogen-bond donors (Lipinski definition) is 2. The smallest absolute Gasteiger partial charge is 0.178 e. The lowest BCUT2D eigenvalue weighted by molar-refractivity contribution is -0.189. The van der Waals surface area contributed by atoms with Gasteiger partial charge in [0.15, 0.2) is 5.72 Å². The van der Waals surface area contributed by atoms with E-state index in [0.717, 1.165) is 34.0 Å². The van der Waals surface area contributed by atoms with E-state index >= 15 is 0 Å². The lowest BCUT2D eigenvalue weighted by atomic mass is 9.92. The quantitative estimate of drug-likeness (QED) is 0.366. The van der Waals surface area contributed by atoms with Crippen LogP contribution in [0.2, 0.25) is 10.0 Å². The van der Waals surface area contributed by atoms with Crippen molar-refractivity contribution in [2.75, 3.05) is 13.2 Å². The first kappa shape index (κ1) is 23.3. The molecule has 0 spiro atoms. The number of halogens is 3. The van der Waals surface area contributed by atoms with Crippen molar-refractivity contribution >= 4 is 39.1 Å². The lowest BCUT2D eigenvalue weighted by Gasteiger charge is -2.41.